The molecule has 1 nitrogen and oxygen atoms in total. The van der Waals surface area contributed by atoms with Gasteiger partial charge in [-0.25, -0.2) is 0 Å². The van der Waals surface area contributed by atoms with Crippen LogP contribution in [0.25, 0.3) is 11.3 Å². The van der Waals surface area contributed by atoms with Gasteiger partial charge in [-0.15, -0.1) is 0 Å². The van der Waals surface area contributed by atoms with E-state index in [9.17, 15) is 0 Å². The zero-order chi connectivity index (χ0) is 11.1. The predicted molar refractivity (Wildman–Crippen MR) is 62.9 cm³/mol. The fourth-order valence-corrected chi connectivity index (χ4v) is 2.52. The van der Waals surface area contributed by atoms with Crippen molar-refractivity contribution in [1.82, 2.24) is 0 Å². The van der Waals surface area contributed by atoms with Crippen molar-refractivity contribution < 1.29 is 4.57 Å². The summed E-state index contributed by atoms with van der Waals surface area (Å²) in [6.07, 6.45) is 2.15. The van der Waals surface area contributed by atoms with Gasteiger partial charge in [0, 0.05) is 18.1 Å². The van der Waals surface area contributed by atoms with E-state index in [0.717, 1.165) is 0 Å². The molecule has 0 saturated carbocycles. The summed E-state index contributed by atoms with van der Waals surface area (Å²) in [6, 6.07) is 17.3. The quantitative estimate of drug-likeness (QED) is 0.586. The van der Waals surface area contributed by atoms with Crippen molar-refractivity contribution in [2.45, 2.75) is 25.8 Å². The lowest BCUT2D eigenvalue weighted by molar-refractivity contribution is -0.714. The molecule has 2 unspecified atom stereocenters. The van der Waals surface area contributed by atoms with Gasteiger partial charge in [0.2, 0.25) is 5.69 Å². The van der Waals surface area contributed by atoms with Gasteiger partial charge in [0.15, 0.2) is 12.2 Å². The number of fused-ring (bicyclic) bond motifs is 3. The van der Waals surface area contributed by atoms with Crippen LogP contribution in [-0.4, -0.2) is 0 Å². The van der Waals surface area contributed by atoms with E-state index < -0.39 is 0 Å². The molecule has 1 aliphatic heterocycles. The first-order valence-electron chi connectivity index (χ1n) is 5.72. The van der Waals surface area contributed by atoms with Crippen LogP contribution in [0.15, 0.2) is 36.5 Å². The summed E-state index contributed by atoms with van der Waals surface area (Å²) in [4.78, 5) is 0. The molecule has 1 heteroatoms. The van der Waals surface area contributed by atoms with Crippen molar-refractivity contribution in [3.8, 4) is 11.3 Å². The van der Waals surface area contributed by atoms with E-state index in [4.69, 9.17) is 0 Å². The molecule has 0 spiro atoms. The van der Waals surface area contributed by atoms with Crippen molar-refractivity contribution in [2.75, 3.05) is 0 Å². The van der Waals surface area contributed by atoms with E-state index in [1.165, 1.54) is 16.8 Å². The predicted octanol–water partition coefficient (Wildman–Crippen LogP) is 2.92. The van der Waals surface area contributed by atoms with Crippen LogP contribution in [0.2, 0.25) is 0 Å². The fourth-order valence-electron chi connectivity index (χ4n) is 2.52. The van der Waals surface area contributed by atoms with Crippen LogP contribution >= 0.6 is 0 Å². The van der Waals surface area contributed by atoms with Crippen LogP contribution in [0.1, 0.15) is 31.4 Å². The largest absolute Gasteiger partial charge is 0.221 e. The number of pyridine rings is 1. The minimum absolute atomic E-state index is 0.500. The number of hydrogen-bond donors (Lipinski definition) is 0. The van der Waals surface area contributed by atoms with Gasteiger partial charge in [0.05, 0.1) is 0 Å². The number of hydrogen-bond acceptors (Lipinski definition) is 0. The molecule has 78 valence electrons. The maximum Gasteiger partial charge on any atom is 0.221 e. The Balaban J connectivity index is 2.33. The second kappa shape index (κ2) is 3.35. The maximum atomic E-state index is 3.25. The van der Waals surface area contributed by atoms with E-state index in [2.05, 4.69) is 61.0 Å². The molecule has 3 rings (SSSR count). The summed E-state index contributed by atoms with van der Waals surface area (Å²) < 4.78 is 2.33. The van der Waals surface area contributed by atoms with Crippen molar-refractivity contribution in [1.29, 1.82) is 0 Å². The topological polar surface area (TPSA) is 3.88 Å². The third-order valence-electron chi connectivity index (χ3n) is 3.63. The smallest absolute Gasteiger partial charge is 0.195 e. The Morgan fingerprint density at radius 1 is 1.19 bits per heavy atom. The number of rotatable bonds is 0. The second-order valence-corrected chi connectivity index (χ2v) is 4.46. The van der Waals surface area contributed by atoms with Gasteiger partial charge in [0.25, 0.3) is 0 Å². The van der Waals surface area contributed by atoms with Gasteiger partial charge in [-0.3, -0.25) is 0 Å². The number of aromatic nitrogens is 1. The molecule has 2 aromatic rings. The van der Waals surface area contributed by atoms with E-state index in [-0.39, 0.29) is 0 Å². The summed E-state index contributed by atoms with van der Waals surface area (Å²) in [5.41, 5.74) is 3.84. The Kier molecular flexibility index (Phi) is 1.97. The molecule has 0 aliphatic carbocycles. The van der Waals surface area contributed by atoms with Gasteiger partial charge in [-0.1, -0.05) is 19.1 Å². The highest BCUT2D eigenvalue weighted by Crippen LogP contribution is 2.35. The molecular formula is C15H14N+. The van der Waals surface area contributed by atoms with Crippen LogP contribution in [0.3, 0.4) is 0 Å². The van der Waals surface area contributed by atoms with Crippen LogP contribution in [-0.2, 0) is 0 Å². The normalized spacial score (nSPS) is 21.9. The lowest BCUT2D eigenvalue weighted by atomic mass is 9.86. The van der Waals surface area contributed by atoms with Crippen molar-refractivity contribution in [3.63, 3.8) is 0 Å². The summed E-state index contributed by atoms with van der Waals surface area (Å²) in [5.74, 6) is 0.528. The third-order valence-corrected chi connectivity index (χ3v) is 3.63. The summed E-state index contributed by atoms with van der Waals surface area (Å²) in [6.45, 7) is 4.55. The molecule has 2 atom stereocenters. The number of nitrogens with zero attached hydrogens (tertiary/aromatic N) is 1. The Labute approximate surface area is 96.4 Å². The molecule has 1 aromatic carbocycles. The van der Waals surface area contributed by atoms with Crippen molar-refractivity contribution in [3.05, 3.63) is 54.2 Å². The monoisotopic (exact) mass is 208 g/mol. The minimum Gasteiger partial charge on any atom is -0.195 e. The highest BCUT2D eigenvalue weighted by Gasteiger charge is 2.33. The molecular weight excluding hydrogens is 194 g/mol. The van der Waals surface area contributed by atoms with Gasteiger partial charge in [-0.2, -0.15) is 4.57 Å². The molecule has 0 radical (unpaired) electrons. The summed E-state index contributed by atoms with van der Waals surface area (Å²) in [7, 11) is 0. The van der Waals surface area contributed by atoms with Gasteiger partial charge in [0.1, 0.15) is 5.56 Å². The van der Waals surface area contributed by atoms with E-state index >= 15 is 0 Å². The third kappa shape index (κ3) is 1.17. The SMILES string of the molecule is CC1c2ccc#cc2-c2cccc[n+]2C1C. The molecule has 0 bridgehead atoms. The average molecular weight is 208 g/mol. The van der Waals surface area contributed by atoms with Gasteiger partial charge < -0.3 is 0 Å². The van der Waals surface area contributed by atoms with E-state index in [1.807, 2.05) is 6.07 Å². The minimum atomic E-state index is 0.500. The van der Waals surface area contributed by atoms with Crippen LogP contribution in [0, 0.1) is 12.1 Å². The lowest BCUT2D eigenvalue weighted by Crippen LogP contribution is -2.44. The summed E-state index contributed by atoms with van der Waals surface area (Å²) >= 11 is 0. The molecule has 0 amide bonds. The van der Waals surface area contributed by atoms with E-state index in [0.29, 0.717) is 12.0 Å². The van der Waals surface area contributed by atoms with E-state index in [1.54, 1.807) is 0 Å². The first-order valence-corrected chi connectivity index (χ1v) is 5.72. The first-order chi connectivity index (χ1) is 7.79. The zero-order valence-corrected chi connectivity index (χ0v) is 9.57. The molecule has 0 fully saturated rings. The lowest BCUT2D eigenvalue weighted by Gasteiger charge is -2.24. The first kappa shape index (κ1) is 9.42. The molecule has 2 heterocycles. The Hall–Kier alpha value is -1.81. The maximum absolute atomic E-state index is 3.25. The molecule has 1 aliphatic rings. The van der Waals surface area contributed by atoms with Crippen LogP contribution in [0.4, 0.5) is 0 Å². The molecule has 1 aromatic heterocycles. The van der Waals surface area contributed by atoms with Crippen LogP contribution < -0.4 is 4.57 Å². The van der Waals surface area contributed by atoms with Crippen molar-refractivity contribution in [2.24, 2.45) is 0 Å². The fraction of sp³-hybridized carbons (Fsp3) is 0.267. The molecule has 0 saturated heterocycles. The second-order valence-electron chi connectivity index (χ2n) is 4.46. The van der Waals surface area contributed by atoms with Crippen LogP contribution in [0.5, 0.6) is 0 Å². The van der Waals surface area contributed by atoms with Crippen molar-refractivity contribution >= 4 is 0 Å². The Morgan fingerprint density at radius 3 is 2.94 bits per heavy atom. The van der Waals surface area contributed by atoms with Gasteiger partial charge >= 0.3 is 0 Å². The molecule has 0 N–H and O–H groups in total. The Morgan fingerprint density at radius 2 is 2.06 bits per heavy atom. The highest BCUT2D eigenvalue weighted by atomic mass is 15.0. The molecule has 16 heavy (non-hydrogen) atoms. The Bertz CT molecular complexity index is 481. The standard InChI is InChI=1S/C15H14N/c1-11-12(2)16-10-6-5-9-15(16)14-8-4-3-7-13(11)14/h3,5-7,9-12H,1-2H3/q+1. The van der Waals surface area contributed by atoms with Gasteiger partial charge in [-0.05, 0) is 30.7 Å². The highest BCUT2D eigenvalue weighted by molar-refractivity contribution is 5.61. The summed E-state index contributed by atoms with van der Waals surface area (Å²) in [5, 5.41) is 0. The average Bonchev–Trinajstić information content (AvgIpc) is 2.36. The zero-order valence-electron chi connectivity index (χ0n) is 9.57.